The molecule has 0 saturated heterocycles. The zero-order valence-corrected chi connectivity index (χ0v) is 8.79. The molecule has 1 aromatic carbocycles. The van der Waals surface area contributed by atoms with Crippen LogP contribution in [-0.2, 0) is 27.2 Å². The predicted octanol–water partition coefficient (Wildman–Crippen LogP) is -1.89. The smallest absolute Gasteiger partial charge is 0.744 e. The van der Waals surface area contributed by atoms with Gasteiger partial charge in [0.25, 0.3) is 0 Å². The molecule has 0 fully saturated rings. The van der Waals surface area contributed by atoms with Gasteiger partial charge in [-0.25, -0.2) is 8.42 Å². The van der Waals surface area contributed by atoms with Crippen molar-refractivity contribution in [1.82, 2.24) is 0 Å². The quantitative estimate of drug-likeness (QED) is 0.432. The average Bonchev–Trinajstić information content (AvgIpc) is 1.88. The normalized spacial score (nSPS) is 8.07. The van der Waals surface area contributed by atoms with E-state index in [1.165, 1.54) is 24.3 Å². The van der Waals surface area contributed by atoms with Crippen molar-refractivity contribution in [3.05, 3.63) is 30.3 Å². The Morgan fingerprint density at radius 1 is 0.929 bits per heavy atom. The maximum atomic E-state index is 10.3. The van der Waals surface area contributed by atoms with Gasteiger partial charge in [0.2, 0.25) is 0 Å². The van der Waals surface area contributed by atoms with Crippen LogP contribution in [0.1, 0.15) is 0 Å². The Bertz CT molecular complexity index is 310. The van der Waals surface area contributed by atoms with Crippen molar-refractivity contribution in [1.29, 1.82) is 0 Å². The van der Waals surface area contributed by atoms with Gasteiger partial charge in [0.05, 0.1) is 4.90 Å². The van der Waals surface area contributed by atoms with Gasteiger partial charge in [-0.1, -0.05) is 18.2 Å². The van der Waals surface area contributed by atoms with Crippen LogP contribution in [0, 0.1) is 0 Å². The Hall–Kier alpha value is -0.471. The van der Waals surface area contributed by atoms with Crippen LogP contribution in [0.25, 0.3) is 0 Å². The van der Waals surface area contributed by atoms with E-state index in [2.05, 4.69) is 0 Å². The van der Waals surface area contributed by atoms with Gasteiger partial charge >= 0.3 is 17.1 Å². The Morgan fingerprint density at radius 2 is 1.29 bits per heavy atom. The summed E-state index contributed by atoms with van der Waals surface area (Å²) in [7, 11) is -4.25. The fraction of sp³-hybridized carbons (Fsp3) is 0. The van der Waals surface area contributed by atoms with Crippen LogP contribution in [0.4, 0.5) is 0 Å². The van der Waals surface area contributed by atoms with E-state index >= 15 is 0 Å². The molecule has 6 N–H and O–H groups in total. The summed E-state index contributed by atoms with van der Waals surface area (Å²) < 4.78 is 30.8. The molecule has 0 aliphatic carbocycles. The predicted molar refractivity (Wildman–Crippen MR) is 45.2 cm³/mol. The van der Waals surface area contributed by atoms with E-state index in [0.29, 0.717) is 0 Å². The van der Waals surface area contributed by atoms with E-state index in [-0.39, 0.29) is 38.4 Å². The summed E-state index contributed by atoms with van der Waals surface area (Å²) in [6.45, 7) is 0. The Labute approximate surface area is 92.1 Å². The summed E-state index contributed by atoms with van der Waals surface area (Å²) in [6, 6.07) is 7.19. The molecule has 83 valence electrons. The van der Waals surface area contributed by atoms with Crippen molar-refractivity contribution in [2.45, 2.75) is 4.90 Å². The molecule has 0 spiro atoms. The zero-order valence-electron chi connectivity index (χ0n) is 6.87. The van der Waals surface area contributed by atoms with E-state index < -0.39 is 10.1 Å². The number of benzene rings is 1. The van der Waals surface area contributed by atoms with E-state index in [1.54, 1.807) is 6.07 Å². The molecule has 1 aromatic rings. The molecule has 0 unspecified atom stereocenters. The first kappa shape index (κ1) is 23.4. The second-order valence-corrected chi connectivity index (χ2v) is 3.15. The first-order chi connectivity index (χ1) is 4.61. The maximum Gasteiger partial charge on any atom is 3.00 e. The maximum absolute atomic E-state index is 10.3. The van der Waals surface area contributed by atoms with Crippen molar-refractivity contribution in [3.8, 4) is 0 Å². The standard InChI is InChI=1S/C6H6O3S.Fe.3H2O/c7-10(8,9)6-4-2-1-3-5-6;;;;/h1-5H,(H,7,8,9);;3*1H2/q;+3;;;/p-1. The van der Waals surface area contributed by atoms with Gasteiger partial charge in [-0.2, -0.15) is 0 Å². The van der Waals surface area contributed by atoms with Gasteiger partial charge in [0.1, 0.15) is 10.1 Å². The molecule has 8 heteroatoms. The third kappa shape index (κ3) is 6.98. The van der Waals surface area contributed by atoms with Crippen LogP contribution in [0.3, 0.4) is 0 Å². The summed E-state index contributed by atoms with van der Waals surface area (Å²) in [6.07, 6.45) is 0. The van der Waals surface area contributed by atoms with Gasteiger partial charge in [-0.15, -0.1) is 0 Å². The van der Waals surface area contributed by atoms with Crippen LogP contribution in [0.2, 0.25) is 0 Å². The summed E-state index contributed by atoms with van der Waals surface area (Å²) in [4.78, 5) is -0.185. The molecule has 0 atom stereocenters. The number of hydrogen-bond acceptors (Lipinski definition) is 3. The molecule has 0 saturated carbocycles. The van der Waals surface area contributed by atoms with Crippen LogP contribution in [-0.4, -0.2) is 29.4 Å². The molecule has 0 amide bonds. The number of rotatable bonds is 1. The largest absolute Gasteiger partial charge is 3.00 e. The molecule has 0 bridgehead atoms. The van der Waals surface area contributed by atoms with Crippen molar-refractivity contribution < 1.29 is 46.5 Å². The van der Waals surface area contributed by atoms with Gasteiger partial charge in [0.15, 0.2) is 0 Å². The van der Waals surface area contributed by atoms with Crippen molar-refractivity contribution in [3.63, 3.8) is 0 Å². The molecule has 6 nitrogen and oxygen atoms in total. The van der Waals surface area contributed by atoms with Crippen LogP contribution < -0.4 is 0 Å². The molecule has 0 heterocycles. The first-order valence-electron chi connectivity index (χ1n) is 2.61. The topological polar surface area (TPSA) is 152 Å². The third-order valence-corrected chi connectivity index (χ3v) is 1.88. The third-order valence-electron chi connectivity index (χ3n) is 1.03. The minimum absolute atomic E-state index is 0. The van der Waals surface area contributed by atoms with Crippen LogP contribution >= 0.6 is 0 Å². The molecule has 0 aliphatic heterocycles. The summed E-state index contributed by atoms with van der Waals surface area (Å²) in [5, 5.41) is 0. The monoisotopic (exact) mass is 267 g/mol. The Morgan fingerprint density at radius 3 is 1.50 bits per heavy atom. The van der Waals surface area contributed by atoms with Gasteiger partial charge in [-0.3, -0.25) is 0 Å². The van der Waals surface area contributed by atoms with E-state index in [0.717, 1.165) is 0 Å². The summed E-state index contributed by atoms with van der Waals surface area (Å²) >= 11 is 0. The Kier molecular flexibility index (Phi) is 15.2. The van der Waals surface area contributed by atoms with Crippen LogP contribution in [0.5, 0.6) is 0 Å². The van der Waals surface area contributed by atoms with Gasteiger partial charge in [-0.05, 0) is 12.1 Å². The Balaban J connectivity index is -0.000000125. The fourth-order valence-corrected chi connectivity index (χ4v) is 1.08. The fourth-order valence-electron chi connectivity index (χ4n) is 0.587. The molecular formula is C6H11FeO6S+2. The molecule has 0 aliphatic rings. The summed E-state index contributed by atoms with van der Waals surface area (Å²) in [5.41, 5.74) is 0. The average molecular weight is 267 g/mol. The van der Waals surface area contributed by atoms with E-state index in [9.17, 15) is 13.0 Å². The van der Waals surface area contributed by atoms with Gasteiger partial charge < -0.3 is 21.0 Å². The minimum atomic E-state index is -4.25. The zero-order chi connectivity index (χ0) is 7.61. The molecule has 1 radical (unpaired) electrons. The number of hydrogen-bond donors (Lipinski definition) is 0. The van der Waals surface area contributed by atoms with Crippen LogP contribution in [0.15, 0.2) is 35.2 Å². The second-order valence-electron chi connectivity index (χ2n) is 1.77. The molecule has 14 heavy (non-hydrogen) atoms. The summed E-state index contributed by atoms with van der Waals surface area (Å²) in [5.74, 6) is 0. The van der Waals surface area contributed by atoms with Crippen molar-refractivity contribution in [2.75, 3.05) is 0 Å². The van der Waals surface area contributed by atoms with Gasteiger partial charge in [0, 0.05) is 0 Å². The second kappa shape index (κ2) is 9.10. The SMILES string of the molecule is O.O.O.O=S(=O)([O-])c1ccccc1.[Fe+3]. The molecule has 1 rings (SSSR count). The van der Waals surface area contributed by atoms with Crippen molar-refractivity contribution >= 4 is 10.1 Å². The van der Waals surface area contributed by atoms with E-state index in [4.69, 9.17) is 0 Å². The van der Waals surface area contributed by atoms with E-state index in [1.807, 2.05) is 0 Å². The molecule has 0 aromatic heterocycles. The van der Waals surface area contributed by atoms with Crippen molar-refractivity contribution in [2.24, 2.45) is 0 Å². The molecular weight excluding hydrogens is 256 g/mol. The first-order valence-corrected chi connectivity index (χ1v) is 4.02. The minimum Gasteiger partial charge on any atom is -0.744 e.